The molecular formula is C33H55FeN6O12+4. The van der Waals surface area contributed by atoms with Gasteiger partial charge in [-0.1, -0.05) is 16.7 Å². The Morgan fingerprint density at radius 3 is 1.40 bits per heavy atom. The molecule has 0 saturated heterocycles. The Hall–Kier alpha value is -3.68. The molecule has 18 nitrogen and oxygen atoms in total. The summed E-state index contributed by atoms with van der Waals surface area (Å²) in [5, 5.41) is 33.7. The van der Waals surface area contributed by atoms with Gasteiger partial charge >= 0.3 is 35.0 Å². The van der Waals surface area contributed by atoms with E-state index in [0.29, 0.717) is 26.8 Å². The summed E-state index contributed by atoms with van der Waals surface area (Å²) in [6, 6.07) is -2.57. The Bertz CT molecular complexity index is 1140. The third-order valence-corrected chi connectivity index (χ3v) is 7.78. The molecule has 1 rings (SSSR count). The first-order chi connectivity index (χ1) is 24.0. The number of carbonyl (C=O) groups is 6. The first-order valence-corrected chi connectivity index (χ1v) is 16.9. The molecule has 10 N–H and O–H groups in total. The van der Waals surface area contributed by atoms with Crippen molar-refractivity contribution in [2.45, 2.75) is 96.7 Å². The largest absolute Gasteiger partial charge is 3.00 e. The van der Waals surface area contributed by atoms with Crippen molar-refractivity contribution in [3.8, 4) is 0 Å². The second kappa shape index (κ2) is 26.1. The average molecular weight is 784 g/mol. The van der Waals surface area contributed by atoms with Crippen LogP contribution in [0.3, 0.4) is 0 Å². The Labute approximate surface area is 314 Å². The van der Waals surface area contributed by atoms with Crippen LogP contribution in [-0.2, 0) is 60.0 Å². The van der Waals surface area contributed by atoms with Gasteiger partial charge in [-0.05, 0) is 46.5 Å². The molecule has 3 unspecified atom stereocenters. The molecule has 0 fully saturated rings. The van der Waals surface area contributed by atoms with Gasteiger partial charge in [0.2, 0.25) is 5.91 Å². The average Bonchev–Trinajstić information content (AvgIpc) is 3.06. The standard InChI is InChI=1S/C33H53N6O12.Fe/c1-22-10-16-49-31(43)25(34)8-5-14-38(47)29(41)20-24(3)12-18-51-33(45)27(36)9-6-15-39(48)30(42)21-23(2)11-17-50-32(44)26(35)7-4-13-37(46)28(40)19-22;/h19-21,25-27,46-47H,4-18,34-36H2,1-3H3;/q-1;+3/p+2. The molecule has 0 aromatic heterocycles. The smallest absolute Gasteiger partial charge is 0.756 e. The van der Waals surface area contributed by atoms with E-state index in [9.17, 15) is 44.4 Å². The summed E-state index contributed by atoms with van der Waals surface area (Å²) in [6.45, 7) is 4.33. The van der Waals surface area contributed by atoms with Crippen molar-refractivity contribution in [1.82, 2.24) is 15.2 Å². The van der Waals surface area contributed by atoms with Crippen LogP contribution in [0.5, 0.6) is 0 Å². The van der Waals surface area contributed by atoms with E-state index in [1.165, 1.54) is 12.2 Å². The van der Waals surface area contributed by atoms with Gasteiger partial charge in [-0.15, -0.1) is 0 Å². The SMILES string of the molecule is CC1=CC(=O)N([O-])CCCC([NH3+])C(=O)OCCC(C)=CC(=O)N(O)CCCC([NH3+])C(=O)OCCC(C)=CC(=O)N(O)CCCC(N)C(=O)OCC1.[Fe+3]. The Morgan fingerprint density at radius 1 is 0.635 bits per heavy atom. The van der Waals surface area contributed by atoms with E-state index < -0.39 is 53.8 Å². The third kappa shape index (κ3) is 20.4. The number of quaternary nitrogens is 2. The summed E-state index contributed by atoms with van der Waals surface area (Å²) in [7, 11) is 0. The van der Waals surface area contributed by atoms with Gasteiger partial charge in [0, 0.05) is 70.0 Å². The van der Waals surface area contributed by atoms with Gasteiger partial charge in [-0.2, -0.15) is 0 Å². The van der Waals surface area contributed by atoms with Gasteiger partial charge in [-0.25, -0.2) is 19.7 Å². The Balaban J connectivity index is 0.0000260. The molecule has 0 aromatic rings. The molecule has 0 aliphatic carbocycles. The van der Waals surface area contributed by atoms with Gasteiger partial charge in [0.05, 0.1) is 19.8 Å². The normalized spacial score (nSPS) is 24.1. The van der Waals surface area contributed by atoms with Crippen molar-refractivity contribution in [3.05, 3.63) is 40.2 Å². The molecule has 19 heteroatoms. The molecule has 1 aliphatic rings. The number of nitrogens with two attached hydrogens (primary N) is 1. The number of ether oxygens (including phenoxy) is 3. The molecule has 0 bridgehead atoms. The minimum absolute atomic E-state index is 0. The zero-order chi connectivity index (χ0) is 38.5. The van der Waals surface area contributed by atoms with Crippen LogP contribution < -0.4 is 17.2 Å². The van der Waals surface area contributed by atoms with Crippen LogP contribution in [0, 0.1) is 5.21 Å². The van der Waals surface area contributed by atoms with E-state index in [1.54, 1.807) is 20.8 Å². The maximum Gasteiger partial charge on any atom is 3.00 e. The molecule has 0 spiro atoms. The maximum atomic E-state index is 12.3. The second-order valence-electron chi connectivity index (χ2n) is 12.5. The second-order valence-corrected chi connectivity index (χ2v) is 12.5. The van der Waals surface area contributed by atoms with Gasteiger partial charge in [0.15, 0.2) is 12.1 Å². The third-order valence-electron chi connectivity index (χ3n) is 7.78. The van der Waals surface area contributed by atoms with Crippen LogP contribution >= 0.6 is 0 Å². The van der Waals surface area contributed by atoms with Gasteiger partial charge < -0.3 is 41.7 Å². The first kappa shape index (κ1) is 48.3. The van der Waals surface area contributed by atoms with Crippen LogP contribution in [0.4, 0.5) is 0 Å². The van der Waals surface area contributed by atoms with Crippen LogP contribution in [0.2, 0.25) is 0 Å². The van der Waals surface area contributed by atoms with Crippen LogP contribution in [-0.4, -0.2) is 119 Å². The van der Waals surface area contributed by atoms with Crippen molar-refractivity contribution in [2.24, 2.45) is 5.73 Å². The fourth-order valence-corrected chi connectivity index (χ4v) is 4.46. The quantitative estimate of drug-likeness (QED) is 0.0880. The summed E-state index contributed by atoms with van der Waals surface area (Å²) in [6.07, 6.45) is 5.29. The number of amides is 3. The molecule has 0 saturated carbocycles. The van der Waals surface area contributed by atoms with Crippen molar-refractivity contribution < 1.29 is 81.9 Å². The fraction of sp³-hybridized carbons (Fsp3) is 0.636. The molecule has 1 heterocycles. The van der Waals surface area contributed by atoms with Gasteiger partial charge in [0.1, 0.15) is 6.04 Å². The summed E-state index contributed by atoms with van der Waals surface area (Å²) in [4.78, 5) is 73.8. The number of hydroxylamine groups is 6. The van der Waals surface area contributed by atoms with E-state index in [0.717, 1.165) is 6.08 Å². The summed E-state index contributed by atoms with van der Waals surface area (Å²) >= 11 is 0. The molecule has 0 aromatic carbocycles. The summed E-state index contributed by atoms with van der Waals surface area (Å²) in [5.74, 6) is -4.09. The van der Waals surface area contributed by atoms with E-state index >= 15 is 0 Å². The molecule has 3 atom stereocenters. The van der Waals surface area contributed by atoms with Crippen LogP contribution in [0.1, 0.15) is 78.6 Å². The minimum Gasteiger partial charge on any atom is -0.756 e. The van der Waals surface area contributed by atoms with Crippen molar-refractivity contribution in [1.29, 1.82) is 0 Å². The molecule has 293 valence electrons. The van der Waals surface area contributed by atoms with Gasteiger partial charge in [0.25, 0.3) is 11.8 Å². The van der Waals surface area contributed by atoms with E-state index in [-0.39, 0.29) is 119 Å². The fourth-order valence-electron chi connectivity index (χ4n) is 4.46. The van der Waals surface area contributed by atoms with Crippen molar-refractivity contribution in [2.75, 3.05) is 39.5 Å². The molecule has 1 aliphatic heterocycles. The van der Waals surface area contributed by atoms with Crippen LogP contribution in [0.25, 0.3) is 0 Å². The van der Waals surface area contributed by atoms with Crippen molar-refractivity contribution >= 4 is 35.6 Å². The predicted octanol–water partition coefficient (Wildman–Crippen LogP) is -0.713. The Kier molecular flexibility index (Phi) is 24.3. The van der Waals surface area contributed by atoms with Crippen molar-refractivity contribution in [3.63, 3.8) is 0 Å². The molecule has 3 amide bonds. The van der Waals surface area contributed by atoms with E-state index in [4.69, 9.17) is 19.9 Å². The minimum atomic E-state index is -1.02. The number of cyclic esters (lactones) is 3. The number of rotatable bonds is 0. The zero-order valence-corrected chi connectivity index (χ0v) is 31.3. The maximum absolute atomic E-state index is 12.3. The molecule has 52 heavy (non-hydrogen) atoms. The summed E-state index contributed by atoms with van der Waals surface area (Å²) in [5.41, 5.74) is 14.9. The number of hydrogen-bond acceptors (Lipinski definition) is 13. The number of hydrogen-bond donors (Lipinski definition) is 5. The monoisotopic (exact) mass is 783 g/mol. The Morgan fingerprint density at radius 2 is 0.981 bits per heavy atom. The number of esters is 3. The molecular weight excluding hydrogens is 728 g/mol. The van der Waals surface area contributed by atoms with Gasteiger partial charge in [-0.3, -0.25) is 29.6 Å². The zero-order valence-electron chi connectivity index (χ0n) is 30.2. The predicted molar refractivity (Wildman–Crippen MR) is 179 cm³/mol. The molecule has 1 radical (unpaired) electrons. The summed E-state index contributed by atoms with van der Waals surface area (Å²) < 4.78 is 15.6. The van der Waals surface area contributed by atoms with Crippen LogP contribution in [0.15, 0.2) is 34.9 Å². The number of nitrogens with zero attached hydrogens (tertiary/aromatic N) is 3. The number of carbonyl (C=O) groups excluding carboxylic acids is 6. The van der Waals surface area contributed by atoms with E-state index in [1.807, 2.05) is 0 Å². The van der Waals surface area contributed by atoms with E-state index in [2.05, 4.69) is 11.5 Å². The first-order valence-electron chi connectivity index (χ1n) is 16.9. The topological polar surface area (TPSA) is 285 Å².